The second-order valence-electron chi connectivity index (χ2n) is 18.1. The van der Waals surface area contributed by atoms with Crippen LogP contribution in [-0.4, -0.2) is 37.2 Å². The number of unbranched alkanes of at least 4 members (excludes halogenated alkanes) is 14. The molecule has 1 atom stereocenters. The van der Waals surface area contributed by atoms with Crippen molar-refractivity contribution in [1.82, 2.24) is 0 Å². The molecule has 0 amide bonds. The van der Waals surface area contributed by atoms with E-state index in [-0.39, 0.29) is 31.1 Å². The van der Waals surface area contributed by atoms with Gasteiger partial charge in [-0.05, 0) is 141 Å². The summed E-state index contributed by atoms with van der Waals surface area (Å²) in [7, 11) is 0. The molecule has 0 spiro atoms. The maximum atomic E-state index is 12.9. The molecule has 6 nitrogen and oxygen atoms in total. The molecule has 0 aromatic heterocycles. The lowest BCUT2D eigenvalue weighted by Gasteiger charge is -2.18. The first-order chi connectivity index (χ1) is 35.0. The highest BCUT2D eigenvalue weighted by Crippen LogP contribution is 2.12. The van der Waals surface area contributed by atoms with E-state index >= 15 is 0 Å². The molecule has 398 valence electrons. The predicted molar refractivity (Wildman–Crippen MR) is 306 cm³/mol. The fraction of sp³-hybridized carbons (Fsp3) is 0.585. The molecule has 0 radical (unpaired) electrons. The van der Waals surface area contributed by atoms with Crippen LogP contribution in [0.1, 0.15) is 226 Å². The maximum Gasteiger partial charge on any atom is 0.306 e. The summed E-state index contributed by atoms with van der Waals surface area (Å²) in [5.74, 6) is -1.01. The number of rotatable bonds is 49. The lowest BCUT2D eigenvalue weighted by molar-refractivity contribution is -0.167. The van der Waals surface area contributed by atoms with Gasteiger partial charge in [0, 0.05) is 19.3 Å². The van der Waals surface area contributed by atoms with Gasteiger partial charge in [0.1, 0.15) is 13.2 Å². The molecule has 0 unspecified atom stereocenters. The number of allylic oxidation sites excluding steroid dienone is 24. The summed E-state index contributed by atoms with van der Waals surface area (Å²) in [5, 5.41) is 0. The van der Waals surface area contributed by atoms with Crippen molar-refractivity contribution in [3.63, 3.8) is 0 Å². The minimum atomic E-state index is -0.823. The van der Waals surface area contributed by atoms with Crippen LogP contribution in [0.2, 0.25) is 0 Å². The molecule has 0 aliphatic carbocycles. The van der Waals surface area contributed by atoms with Crippen LogP contribution >= 0.6 is 0 Å². The number of ether oxygens (including phenoxy) is 3. The lowest BCUT2D eigenvalue weighted by atomic mass is 10.1. The largest absolute Gasteiger partial charge is 0.462 e. The van der Waals surface area contributed by atoms with Gasteiger partial charge in [-0.15, -0.1) is 0 Å². The fourth-order valence-corrected chi connectivity index (χ4v) is 7.11. The van der Waals surface area contributed by atoms with E-state index in [9.17, 15) is 14.4 Å². The normalized spacial score (nSPS) is 13.2. The minimum absolute atomic E-state index is 0.120. The van der Waals surface area contributed by atoms with E-state index in [4.69, 9.17) is 14.2 Å². The van der Waals surface area contributed by atoms with E-state index < -0.39 is 6.10 Å². The van der Waals surface area contributed by atoms with Crippen molar-refractivity contribution in [3.8, 4) is 0 Å². The molecular formula is C65H102O6. The quantitative estimate of drug-likeness (QED) is 0.0262. The van der Waals surface area contributed by atoms with Crippen molar-refractivity contribution in [2.45, 2.75) is 232 Å². The Labute approximate surface area is 436 Å². The monoisotopic (exact) mass is 979 g/mol. The molecule has 0 fully saturated rings. The average molecular weight is 980 g/mol. The number of hydrogen-bond donors (Lipinski definition) is 0. The molecule has 0 saturated heterocycles. The number of hydrogen-bond acceptors (Lipinski definition) is 6. The summed E-state index contributed by atoms with van der Waals surface area (Å²) in [4.78, 5) is 38.2. The first kappa shape index (κ1) is 66.3. The van der Waals surface area contributed by atoms with Gasteiger partial charge in [0.25, 0.3) is 0 Å². The summed E-state index contributed by atoms with van der Waals surface area (Å²) in [5.41, 5.74) is 0. The summed E-state index contributed by atoms with van der Waals surface area (Å²) in [6.45, 7) is 6.29. The third-order valence-corrected chi connectivity index (χ3v) is 11.3. The van der Waals surface area contributed by atoms with Gasteiger partial charge in [0.2, 0.25) is 0 Å². The summed E-state index contributed by atoms with van der Waals surface area (Å²) < 4.78 is 16.8. The molecule has 0 N–H and O–H groups in total. The van der Waals surface area contributed by atoms with Crippen LogP contribution in [0.25, 0.3) is 0 Å². The highest BCUT2D eigenvalue weighted by atomic mass is 16.6. The smallest absolute Gasteiger partial charge is 0.306 e. The Morgan fingerprint density at radius 2 is 0.549 bits per heavy atom. The Hall–Kier alpha value is -4.71. The van der Waals surface area contributed by atoms with Gasteiger partial charge in [0.15, 0.2) is 6.10 Å². The van der Waals surface area contributed by atoms with Gasteiger partial charge in [-0.2, -0.15) is 0 Å². The van der Waals surface area contributed by atoms with Crippen LogP contribution in [0.3, 0.4) is 0 Å². The molecule has 71 heavy (non-hydrogen) atoms. The van der Waals surface area contributed by atoms with Gasteiger partial charge in [-0.3, -0.25) is 14.4 Å². The van der Waals surface area contributed by atoms with Gasteiger partial charge in [-0.1, -0.05) is 212 Å². The highest BCUT2D eigenvalue weighted by Gasteiger charge is 2.19. The minimum Gasteiger partial charge on any atom is -0.462 e. The van der Waals surface area contributed by atoms with Crippen molar-refractivity contribution in [2.75, 3.05) is 13.2 Å². The van der Waals surface area contributed by atoms with Crippen molar-refractivity contribution >= 4 is 17.9 Å². The maximum absolute atomic E-state index is 12.9. The first-order valence-corrected chi connectivity index (χ1v) is 28.3. The Morgan fingerprint density at radius 3 is 0.901 bits per heavy atom. The third-order valence-electron chi connectivity index (χ3n) is 11.3. The molecule has 6 heteroatoms. The topological polar surface area (TPSA) is 78.9 Å². The molecule has 0 heterocycles. The Balaban J connectivity index is 4.56. The van der Waals surface area contributed by atoms with Crippen molar-refractivity contribution in [3.05, 3.63) is 146 Å². The molecule has 0 aliphatic rings. The van der Waals surface area contributed by atoms with Gasteiger partial charge in [-0.25, -0.2) is 0 Å². The van der Waals surface area contributed by atoms with Crippen LogP contribution in [0.4, 0.5) is 0 Å². The average Bonchev–Trinajstić information content (AvgIpc) is 3.37. The molecule has 0 bridgehead atoms. The fourth-order valence-electron chi connectivity index (χ4n) is 7.11. The van der Waals surface area contributed by atoms with E-state index in [0.717, 1.165) is 141 Å². The van der Waals surface area contributed by atoms with E-state index in [1.54, 1.807) is 0 Å². The Kier molecular flexibility index (Phi) is 54.0. The van der Waals surface area contributed by atoms with Gasteiger partial charge in [0.05, 0.1) is 0 Å². The predicted octanol–water partition coefficient (Wildman–Crippen LogP) is 19.2. The molecule has 0 saturated carbocycles. The second kappa shape index (κ2) is 57.9. The van der Waals surface area contributed by atoms with E-state index in [1.807, 2.05) is 0 Å². The van der Waals surface area contributed by atoms with Crippen molar-refractivity contribution in [2.24, 2.45) is 0 Å². The molecule has 0 aliphatic heterocycles. The SMILES string of the molecule is CC/C=C\C/C=C\C/C=C\C/C=C\C/C=C\CCCCCC(=O)OC[C@@H](COC(=O)CCCC/C=C\C/C=C\C/C=C\C/C=C\CC)OC(=O)CCCCCCCC/C=C\C/C=C\C/C=C\CCCCC. The number of esters is 3. The summed E-state index contributed by atoms with van der Waals surface area (Å²) in [6, 6.07) is 0. The van der Waals surface area contributed by atoms with E-state index in [1.165, 1.54) is 38.5 Å². The Bertz CT molecular complexity index is 1590. The third kappa shape index (κ3) is 56.1. The van der Waals surface area contributed by atoms with E-state index in [0.29, 0.717) is 25.7 Å². The van der Waals surface area contributed by atoms with Crippen molar-refractivity contribution in [1.29, 1.82) is 0 Å². The lowest BCUT2D eigenvalue weighted by Crippen LogP contribution is -2.30. The van der Waals surface area contributed by atoms with Crippen LogP contribution in [0.15, 0.2) is 146 Å². The number of carbonyl (C=O) groups is 3. The van der Waals surface area contributed by atoms with Gasteiger partial charge < -0.3 is 14.2 Å². The zero-order valence-electron chi connectivity index (χ0n) is 45.4. The van der Waals surface area contributed by atoms with Crippen molar-refractivity contribution < 1.29 is 28.6 Å². The van der Waals surface area contributed by atoms with Crippen LogP contribution in [-0.2, 0) is 28.6 Å². The molecular weight excluding hydrogens is 877 g/mol. The zero-order valence-corrected chi connectivity index (χ0v) is 45.4. The first-order valence-electron chi connectivity index (χ1n) is 28.3. The van der Waals surface area contributed by atoms with E-state index in [2.05, 4.69) is 167 Å². The van der Waals surface area contributed by atoms with Crippen LogP contribution < -0.4 is 0 Å². The van der Waals surface area contributed by atoms with Gasteiger partial charge >= 0.3 is 17.9 Å². The summed E-state index contributed by atoms with van der Waals surface area (Å²) in [6.07, 6.45) is 82.6. The molecule has 0 aromatic carbocycles. The molecule has 0 aromatic rings. The van der Waals surface area contributed by atoms with Crippen LogP contribution in [0.5, 0.6) is 0 Å². The number of carbonyl (C=O) groups excluding carboxylic acids is 3. The standard InChI is InChI=1S/C65H102O6/c1-4-7-10-13-16-19-22-25-28-30-32-34-37-40-43-46-49-52-55-58-64(67)70-61-62(60-69-63(66)57-54-51-48-45-42-39-36-27-24-21-18-15-12-9-6-3)71-65(68)59-56-53-50-47-44-41-38-35-33-31-29-26-23-20-17-14-11-8-5-2/h7,9-10,12,16-21,25-29,32-36,40,42-43,45,62H,4-6,8,11,13-15,22-24,30-31,37-39,41,44,46-61H2,1-3H3/b10-7-,12-9-,19-16-,20-17-,21-18-,28-25-,29-26-,34-32-,35-33-,36-27-,43-40-,45-42-/t62-/m1/s1. The highest BCUT2D eigenvalue weighted by molar-refractivity contribution is 5.71. The summed E-state index contributed by atoms with van der Waals surface area (Å²) >= 11 is 0. The van der Waals surface area contributed by atoms with Crippen LogP contribution in [0, 0.1) is 0 Å². The zero-order chi connectivity index (χ0) is 51.4. The second-order valence-corrected chi connectivity index (χ2v) is 18.1. The molecule has 0 rings (SSSR count). The Morgan fingerprint density at radius 1 is 0.296 bits per heavy atom.